The number of rotatable bonds is 6. The second-order valence-corrected chi connectivity index (χ2v) is 4.77. The second kappa shape index (κ2) is 7.47. The van der Waals surface area contributed by atoms with E-state index >= 15 is 0 Å². The minimum Gasteiger partial charge on any atom is -0.480 e. The standard InChI is InChI=1S/C14H21N3O3/c1-4-11(2)17(10-13(18)19)14(20)16(3)9-12-5-7-15-8-6-12/h5-8,11H,4,9-10H2,1-3H3,(H,18,19). The highest BCUT2D eigenvalue weighted by atomic mass is 16.4. The molecule has 20 heavy (non-hydrogen) atoms. The molecule has 2 amide bonds. The van der Waals surface area contributed by atoms with Crippen LogP contribution in [0.3, 0.4) is 0 Å². The van der Waals surface area contributed by atoms with Crippen molar-refractivity contribution in [2.75, 3.05) is 13.6 Å². The molecule has 0 bridgehead atoms. The predicted octanol–water partition coefficient (Wildman–Crippen LogP) is 1.82. The van der Waals surface area contributed by atoms with Gasteiger partial charge in [0.05, 0.1) is 0 Å². The summed E-state index contributed by atoms with van der Waals surface area (Å²) in [4.78, 5) is 30.1. The lowest BCUT2D eigenvalue weighted by atomic mass is 10.2. The summed E-state index contributed by atoms with van der Waals surface area (Å²) in [6.07, 6.45) is 4.04. The Bertz CT molecular complexity index is 450. The van der Waals surface area contributed by atoms with Crippen LogP contribution in [0, 0.1) is 0 Å². The SMILES string of the molecule is CCC(C)N(CC(=O)O)C(=O)N(C)Cc1ccncc1. The van der Waals surface area contributed by atoms with E-state index in [0.717, 1.165) is 5.56 Å². The van der Waals surface area contributed by atoms with Gasteiger partial charge in [-0.25, -0.2) is 4.79 Å². The molecule has 0 saturated heterocycles. The highest BCUT2D eigenvalue weighted by Crippen LogP contribution is 2.10. The van der Waals surface area contributed by atoms with Crippen LogP contribution in [0.5, 0.6) is 0 Å². The number of pyridine rings is 1. The van der Waals surface area contributed by atoms with Gasteiger partial charge in [-0.05, 0) is 31.0 Å². The van der Waals surface area contributed by atoms with Crippen LogP contribution in [-0.2, 0) is 11.3 Å². The van der Waals surface area contributed by atoms with Crippen LogP contribution in [0.1, 0.15) is 25.8 Å². The summed E-state index contributed by atoms with van der Waals surface area (Å²) in [7, 11) is 1.67. The number of aliphatic carboxylic acids is 1. The summed E-state index contributed by atoms with van der Waals surface area (Å²) in [5.74, 6) is -1.00. The van der Waals surface area contributed by atoms with Crippen molar-refractivity contribution in [1.29, 1.82) is 0 Å². The molecule has 110 valence electrons. The molecule has 6 heteroatoms. The van der Waals surface area contributed by atoms with Gasteiger partial charge in [-0.2, -0.15) is 0 Å². The minimum atomic E-state index is -1.00. The first-order valence-electron chi connectivity index (χ1n) is 6.58. The number of aromatic nitrogens is 1. The maximum Gasteiger partial charge on any atom is 0.323 e. The smallest absolute Gasteiger partial charge is 0.323 e. The van der Waals surface area contributed by atoms with E-state index in [0.29, 0.717) is 13.0 Å². The molecule has 1 N–H and O–H groups in total. The van der Waals surface area contributed by atoms with E-state index in [-0.39, 0.29) is 18.6 Å². The zero-order valence-electron chi connectivity index (χ0n) is 12.1. The van der Waals surface area contributed by atoms with E-state index < -0.39 is 5.97 Å². The number of hydrogen-bond donors (Lipinski definition) is 1. The molecule has 0 radical (unpaired) electrons. The zero-order valence-corrected chi connectivity index (χ0v) is 12.1. The second-order valence-electron chi connectivity index (χ2n) is 4.77. The van der Waals surface area contributed by atoms with Gasteiger partial charge in [0.1, 0.15) is 6.54 Å². The van der Waals surface area contributed by atoms with Crippen LogP contribution in [0.2, 0.25) is 0 Å². The van der Waals surface area contributed by atoms with Gasteiger partial charge in [0.25, 0.3) is 0 Å². The molecular weight excluding hydrogens is 258 g/mol. The third-order valence-corrected chi connectivity index (χ3v) is 3.17. The fourth-order valence-electron chi connectivity index (χ4n) is 1.83. The molecule has 0 fully saturated rings. The Balaban J connectivity index is 2.75. The molecule has 6 nitrogen and oxygen atoms in total. The molecule has 0 aromatic carbocycles. The molecule has 0 saturated carbocycles. The zero-order chi connectivity index (χ0) is 15.1. The van der Waals surface area contributed by atoms with Crippen molar-refractivity contribution in [2.45, 2.75) is 32.9 Å². The number of hydrogen-bond acceptors (Lipinski definition) is 3. The Morgan fingerprint density at radius 3 is 2.45 bits per heavy atom. The van der Waals surface area contributed by atoms with Crippen LogP contribution in [0.15, 0.2) is 24.5 Å². The van der Waals surface area contributed by atoms with Crippen LogP contribution < -0.4 is 0 Å². The number of carboxylic acid groups (broad SMARTS) is 1. The first-order valence-corrected chi connectivity index (χ1v) is 6.58. The van der Waals surface area contributed by atoms with Crippen molar-refractivity contribution in [2.24, 2.45) is 0 Å². The van der Waals surface area contributed by atoms with Crippen molar-refractivity contribution >= 4 is 12.0 Å². The van der Waals surface area contributed by atoms with E-state index in [9.17, 15) is 9.59 Å². The topological polar surface area (TPSA) is 73.7 Å². The van der Waals surface area contributed by atoms with Crippen molar-refractivity contribution < 1.29 is 14.7 Å². The van der Waals surface area contributed by atoms with Crippen molar-refractivity contribution in [3.8, 4) is 0 Å². The molecule has 0 aliphatic rings. The van der Waals surface area contributed by atoms with E-state index in [2.05, 4.69) is 4.98 Å². The summed E-state index contributed by atoms with van der Waals surface area (Å²) in [6.45, 7) is 3.92. The van der Waals surface area contributed by atoms with E-state index in [1.54, 1.807) is 19.4 Å². The average Bonchev–Trinajstić information content (AvgIpc) is 2.44. The third-order valence-electron chi connectivity index (χ3n) is 3.17. The molecule has 1 aromatic rings. The molecule has 1 rings (SSSR count). The van der Waals surface area contributed by atoms with Gasteiger partial charge >= 0.3 is 12.0 Å². The van der Waals surface area contributed by atoms with Gasteiger partial charge in [-0.1, -0.05) is 6.92 Å². The lowest BCUT2D eigenvalue weighted by Crippen LogP contribution is -2.47. The Hall–Kier alpha value is -2.11. The highest BCUT2D eigenvalue weighted by molar-refractivity contribution is 5.80. The van der Waals surface area contributed by atoms with Crippen molar-refractivity contribution in [1.82, 2.24) is 14.8 Å². The maximum atomic E-state index is 12.4. The lowest BCUT2D eigenvalue weighted by molar-refractivity contribution is -0.138. The van der Waals surface area contributed by atoms with Crippen LogP contribution in [-0.4, -0.2) is 51.5 Å². The van der Waals surface area contributed by atoms with E-state index in [4.69, 9.17) is 5.11 Å². The molecule has 0 aliphatic heterocycles. The molecule has 0 spiro atoms. The summed E-state index contributed by atoms with van der Waals surface area (Å²) in [5, 5.41) is 8.93. The Kier molecular flexibility index (Phi) is 5.96. The highest BCUT2D eigenvalue weighted by Gasteiger charge is 2.24. The van der Waals surface area contributed by atoms with Crippen molar-refractivity contribution in [3.63, 3.8) is 0 Å². The molecule has 1 aromatic heterocycles. The fraction of sp³-hybridized carbons (Fsp3) is 0.500. The first kappa shape index (κ1) is 15.9. The van der Waals surface area contributed by atoms with Gasteiger partial charge in [0, 0.05) is 32.0 Å². The number of carbonyl (C=O) groups excluding carboxylic acids is 1. The van der Waals surface area contributed by atoms with Gasteiger partial charge in [-0.3, -0.25) is 9.78 Å². The van der Waals surface area contributed by atoms with Crippen LogP contribution in [0.25, 0.3) is 0 Å². The Morgan fingerprint density at radius 1 is 1.35 bits per heavy atom. The van der Waals surface area contributed by atoms with Gasteiger partial charge in [-0.15, -0.1) is 0 Å². The molecule has 1 unspecified atom stereocenters. The summed E-state index contributed by atoms with van der Waals surface area (Å²) < 4.78 is 0. The number of carboxylic acids is 1. The molecule has 0 aliphatic carbocycles. The first-order chi connectivity index (χ1) is 9.45. The lowest BCUT2D eigenvalue weighted by Gasteiger charge is -2.31. The van der Waals surface area contributed by atoms with Crippen LogP contribution >= 0.6 is 0 Å². The monoisotopic (exact) mass is 279 g/mol. The van der Waals surface area contributed by atoms with Crippen LogP contribution in [0.4, 0.5) is 4.79 Å². The largest absolute Gasteiger partial charge is 0.480 e. The molecular formula is C14H21N3O3. The normalized spacial score (nSPS) is 11.8. The van der Waals surface area contributed by atoms with E-state index in [1.165, 1.54) is 9.80 Å². The quantitative estimate of drug-likeness (QED) is 0.862. The molecule has 1 atom stereocenters. The summed E-state index contributed by atoms with van der Waals surface area (Å²) >= 11 is 0. The van der Waals surface area contributed by atoms with Crippen molar-refractivity contribution in [3.05, 3.63) is 30.1 Å². The molecule has 1 heterocycles. The number of amides is 2. The third kappa shape index (κ3) is 4.53. The number of nitrogens with zero attached hydrogens (tertiary/aromatic N) is 3. The Labute approximate surface area is 119 Å². The minimum absolute atomic E-state index is 0.113. The predicted molar refractivity (Wildman–Crippen MR) is 75.2 cm³/mol. The maximum absolute atomic E-state index is 12.4. The number of carbonyl (C=O) groups is 2. The fourth-order valence-corrected chi connectivity index (χ4v) is 1.83. The Morgan fingerprint density at radius 2 is 1.95 bits per heavy atom. The average molecular weight is 279 g/mol. The van der Waals surface area contributed by atoms with Gasteiger partial charge in [0.15, 0.2) is 0 Å². The van der Waals surface area contributed by atoms with Gasteiger partial charge in [0.2, 0.25) is 0 Å². The number of urea groups is 1. The summed E-state index contributed by atoms with van der Waals surface area (Å²) in [6, 6.07) is 3.26. The summed E-state index contributed by atoms with van der Waals surface area (Å²) in [5.41, 5.74) is 0.954. The van der Waals surface area contributed by atoms with E-state index in [1.807, 2.05) is 26.0 Å². The van der Waals surface area contributed by atoms with Gasteiger partial charge < -0.3 is 14.9 Å².